The maximum absolute atomic E-state index is 4.23. The molecular weight excluding hydrogens is 123 g/mol. The lowest BCUT2D eigenvalue weighted by molar-refractivity contribution is 0.529. The fraction of sp³-hybridized carbons (Fsp3) is 0.571. The lowest BCUT2D eigenvalue weighted by Gasteiger charge is -2.02. The van der Waals surface area contributed by atoms with E-state index in [2.05, 4.69) is 18.9 Å². The van der Waals surface area contributed by atoms with E-state index in [0.717, 1.165) is 5.69 Å². The summed E-state index contributed by atoms with van der Waals surface area (Å²) in [4.78, 5) is 0. The maximum Gasteiger partial charge on any atom is 0.0593 e. The summed E-state index contributed by atoms with van der Waals surface area (Å²) in [6, 6.07) is 2.50. The summed E-state index contributed by atoms with van der Waals surface area (Å²) in [5, 5.41) is 4.23. The van der Waals surface area contributed by atoms with Gasteiger partial charge in [-0.05, 0) is 26.8 Å². The Hall–Kier alpha value is -0.725. The zero-order valence-corrected chi connectivity index (χ0v) is 6.70. The molecule has 1 heterocycles. The largest absolute Gasteiger partial charge is 0.270 e. The number of aryl methyl sites for hydroxylation is 1. The highest BCUT2D eigenvalue weighted by Gasteiger charge is 1.95. The Labute approximate surface area is 63.8 Å². The number of hydrogen-bond donors (Lipinski definition) is 0. The Morgan fingerprint density at radius 3 is 2.30 bits per heavy atom. The molecule has 0 bridgehead atoms. The normalized spacial score (nSPS) is 9.60. The molecule has 1 aromatic heterocycles. The standard InChI is InChI=1S/C7H12N2.B/c1-6(2)9-5-4-7(3)8-9;/h4-6H,1-3H3;. The fourth-order valence-corrected chi connectivity index (χ4v) is 0.721. The summed E-state index contributed by atoms with van der Waals surface area (Å²) in [5.41, 5.74) is 1.09. The van der Waals surface area contributed by atoms with Crippen LogP contribution in [0, 0.1) is 6.92 Å². The minimum atomic E-state index is 0. The lowest BCUT2D eigenvalue weighted by atomic mass is 10.4. The summed E-state index contributed by atoms with van der Waals surface area (Å²) < 4.78 is 1.95. The van der Waals surface area contributed by atoms with Crippen LogP contribution in [0.25, 0.3) is 0 Å². The van der Waals surface area contributed by atoms with Gasteiger partial charge >= 0.3 is 0 Å². The van der Waals surface area contributed by atoms with Gasteiger partial charge < -0.3 is 0 Å². The van der Waals surface area contributed by atoms with Crippen molar-refractivity contribution in [1.82, 2.24) is 9.78 Å². The van der Waals surface area contributed by atoms with Crippen LogP contribution in [-0.2, 0) is 0 Å². The molecule has 0 aliphatic rings. The first kappa shape index (κ1) is 9.27. The molecule has 1 rings (SSSR count). The van der Waals surface area contributed by atoms with E-state index in [-0.39, 0.29) is 8.41 Å². The van der Waals surface area contributed by atoms with Gasteiger partial charge in [0.05, 0.1) is 5.69 Å². The Kier molecular flexibility index (Phi) is 3.20. The molecular formula is C7H12BN2. The van der Waals surface area contributed by atoms with Crippen molar-refractivity contribution in [2.75, 3.05) is 0 Å². The SMILES string of the molecule is Cc1ccn(C(C)C)n1.[B]. The molecule has 1 aromatic rings. The average Bonchev–Trinajstić information content (AvgIpc) is 2.14. The number of nitrogens with zero attached hydrogens (tertiary/aromatic N) is 2. The first-order valence-electron chi connectivity index (χ1n) is 3.22. The highest BCUT2D eigenvalue weighted by molar-refractivity contribution is 5.75. The molecule has 0 saturated heterocycles. The quantitative estimate of drug-likeness (QED) is 0.532. The van der Waals surface area contributed by atoms with Crippen molar-refractivity contribution in [2.24, 2.45) is 0 Å². The van der Waals surface area contributed by atoms with E-state index in [1.54, 1.807) is 0 Å². The molecule has 0 aromatic carbocycles. The van der Waals surface area contributed by atoms with Crippen molar-refractivity contribution in [3.05, 3.63) is 18.0 Å². The number of rotatable bonds is 1. The minimum Gasteiger partial charge on any atom is -0.270 e. The third kappa shape index (κ3) is 1.90. The predicted octanol–water partition coefficient (Wildman–Crippen LogP) is 1.39. The van der Waals surface area contributed by atoms with Gasteiger partial charge in [-0.15, -0.1) is 0 Å². The number of aromatic nitrogens is 2. The lowest BCUT2D eigenvalue weighted by Crippen LogP contribution is -2.00. The summed E-state index contributed by atoms with van der Waals surface area (Å²) in [5.74, 6) is 0. The van der Waals surface area contributed by atoms with Gasteiger partial charge in [0.2, 0.25) is 0 Å². The van der Waals surface area contributed by atoms with Crippen molar-refractivity contribution in [2.45, 2.75) is 26.8 Å². The van der Waals surface area contributed by atoms with Crippen LogP contribution in [0.4, 0.5) is 0 Å². The Morgan fingerprint density at radius 1 is 1.50 bits per heavy atom. The molecule has 2 nitrogen and oxygen atoms in total. The molecule has 0 amide bonds. The Morgan fingerprint density at radius 2 is 2.10 bits per heavy atom. The molecule has 10 heavy (non-hydrogen) atoms. The van der Waals surface area contributed by atoms with Gasteiger partial charge in [0.15, 0.2) is 0 Å². The van der Waals surface area contributed by atoms with Crippen LogP contribution in [0.2, 0.25) is 0 Å². The first-order valence-corrected chi connectivity index (χ1v) is 3.22. The fourth-order valence-electron chi connectivity index (χ4n) is 0.721. The van der Waals surface area contributed by atoms with Crippen molar-refractivity contribution in [1.29, 1.82) is 0 Å². The molecule has 3 heteroatoms. The van der Waals surface area contributed by atoms with Crippen LogP contribution < -0.4 is 0 Å². The van der Waals surface area contributed by atoms with E-state index in [1.807, 2.05) is 23.9 Å². The third-order valence-corrected chi connectivity index (χ3v) is 1.27. The van der Waals surface area contributed by atoms with E-state index >= 15 is 0 Å². The summed E-state index contributed by atoms with van der Waals surface area (Å²) in [6.07, 6.45) is 2.00. The van der Waals surface area contributed by atoms with Crippen molar-refractivity contribution in [3.63, 3.8) is 0 Å². The molecule has 0 saturated carbocycles. The van der Waals surface area contributed by atoms with E-state index in [9.17, 15) is 0 Å². The summed E-state index contributed by atoms with van der Waals surface area (Å²) in [7, 11) is 0. The summed E-state index contributed by atoms with van der Waals surface area (Å²) in [6.45, 7) is 6.23. The van der Waals surface area contributed by atoms with E-state index in [0.29, 0.717) is 6.04 Å². The van der Waals surface area contributed by atoms with Gasteiger partial charge in [-0.1, -0.05) is 0 Å². The molecule has 3 radical (unpaired) electrons. The van der Waals surface area contributed by atoms with E-state index in [4.69, 9.17) is 0 Å². The molecule has 0 spiro atoms. The van der Waals surface area contributed by atoms with E-state index in [1.165, 1.54) is 0 Å². The van der Waals surface area contributed by atoms with Crippen molar-refractivity contribution < 1.29 is 0 Å². The topological polar surface area (TPSA) is 17.8 Å². The molecule has 0 unspecified atom stereocenters. The van der Waals surface area contributed by atoms with Gasteiger partial charge in [0, 0.05) is 20.7 Å². The van der Waals surface area contributed by atoms with Crippen LogP contribution in [0.15, 0.2) is 12.3 Å². The second-order valence-corrected chi connectivity index (χ2v) is 2.53. The van der Waals surface area contributed by atoms with Crippen LogP contribution in [0.3, 0.4) is 0 Å². The minimum absolute atomic E-state index is 0. The van der Waals surface area contributed by atoms with Gasteiger partial charge in [-0.25, -0.2) is 0 Å². The monoisotopic (exact) mass is 135 g/mol. The Bertz CT molecular complexity index is 193. The van der Waals surface area contributed by atoms with E-state index < -0.39 is 0 Å². The molecule has 0 aliphatic heterocycles. The maximum atomic E-state index is 4.23. The molecule has 0 atom stereocenters. The molecule has 0 fully saturated rings. The second kappa shape index (κ2) is 3.45. The third-order valence-electron chi connectivity index (χ3n) is 1.27. The van der Waals surface area contributed by atoms with Crippen LogP contribution >= 0.6 is 0 Å². The van der Waals surface area contributed by atoms with Crippen molar-refractivity contribution >= 4 is 8.41 Å². The average molecular weight is 135 g/mol. The highest BCUT2D eigenvalue weighted by Crippen LogP contribution is 2.01. The number of hydrogen-bond acceptors (Lipinski definition) is 1. The van der Waals surface area contributed by atoms with Gasteiger partial charge in [0.25, 0.3) is 0 Å². The zero-order chi connectivity index (χ0) is 6.85. The molecule has 53 valence electrons. The van der Waals surface area contributed by atoms with Gasteiger partial charge in [-0.2, -0.15) is 5.10 Å². The predicted molar refractivity (Wildman–Crippen MR) is 43.1 cm³/mol. The molecule has 0 aliphatic carbocycles. The summed E-state index contributed by atoms with van der Waals surface area (Å²) >= 11 is 0. The van der Waals surface area contributed by atoms with Gasteiger partial charge in [-0.3, -0.25) is 4.68 Å². The Balaban J connectivity index is 0.000000810. The highest BCUT2D eigenvalue weighted by atomic mass is 15.3. The molecule has 0 N–H and O–H groups in total. The second-order valence-electron chi connectivity index (χ2n) is 2.53. The van der Waals surface area contributed by atoms with Crippen LogP contribution in [-0.4, -0.2) is 18.2 Å². The van der Waals surface area contributed by atoms with Crippen molar-refractivity contribution in [3.8, 4) is 0 Å². The first-order chi connectivity index (χ1) is 4.20. The van der Waals surface area contributed by atoms with Gasteiger partial charge in [0.1, 0.15) is 0 Å². The van der Waals surface area contributed by atoms with Crippen LogP contribution in [0.5, 0.6) is 0 Å². The van der Waals surface area contributed by atoms with Crippen LogP contribution in [0.1, 0.15) is 25.6 Å². The zero-order valence-electron chi connectivity index (χ0n) is 6.70. The smallest absolute Gasteiger partial charge is 0.0593 e.